The molecule has 2 aliphatic rings. The smallest absolute Gasteiger partial charge is 0.171 e. The molecule has 1 fully saturated rings. The second-order valence-electron chi connectivity index (χ2n) is 2.15. The van der Waals surface area contributed by atoms with Crippen LogP contribution in [0.2, 0.25) is 0 Å². The van der Waals surface area contributed by atoms with Gasteiger partial charge in [-0.15, -0.1) is 0 Å². The molecule has 2 rings (SSSR count). The molecular weight excluding hydrogens is 168 g/mol. The lowest BCUT2D eigenvalue weighted by Crippen LogP contribution is -2.21. The van der Waals surface area contributed by atoms with E-state index in [1.165, 1.54) is 4.91 Å². The Morgan fingerprint density at radius 2 is 2.40 bits per heavy atom. The Bertz CT molecular complexity index is 179. The first-order chi connectivity index (χ1) is 4.88. The molecule has 0 amide bonds. The molecule has 0 aliphatic carbocycles. The van der Waals surface area contributed by atoms with Gasteiger partial charge in [-0.1, -0.05) is 10.8 Å². The quantitative estimate of drug-likeness (QED) is 0.525. The van der Waals surface area contributed by atoms with Gasteiger partial charge in [0.15, 0.2) is 5.44 Å². The van der Waals surface area contributed by atoms with Crippen LogP contribution in [0, 0.1) is 0 Å². The number of hydrogen-bond donors (Lipinski definition) is 0. The lowest BCUT2D eigenvalue weighted by Gasteiger charge is -2.20. The molecular formula is C6H8O2S2. The summed E-state index contributed by atoms with van der Waals surface area (Å²) in [5, 5.41) is 0. The van der Waals surface area contributed by atoms with E-state index < -0.39 is 0 Å². The second kappa shape index (κ2) is 2.68. The molecule has 0 aromatic carbocycles. The standard InChI is InChI=1S/C6H8O2S2/c1-4-5-6(10-9-4)8-3-2-7-5/h6H,2-3H2,1H3. The van der Waals surface area contributed by atoms with Gasteiger partial charge in [0.25, 0.3) is 0 Å². The highest BCUT2D eigenvalue weighted by molar-refractivity contribution is 8.78. The Morgan fingerprint density at radius 3 is 3.20 bits per heavy atom. The van der Waals surface area contributed by atoms with Crippen LogP contribution in [0.1, 0.15) is 6.92 Å². The lowest BCUT2D eigenvalue weighted by atomic mass is 10.4. The Morgan fingerprint density at radius 1 is 1.50 bits per heavy atom. The fourth-order valence-electron chi connectivity index (χ4n) is 0.947. The van der Waals surface area contributed by atoms with Gasteiger partial charge < -0.3 is 9.47 Å². The van der Waals surface area contributed by atoms with E-state index in [4.69, 9.17) is 9.47 Å². The van der Waals surface area contributed by atoms with Crippen LogP contribution in [-0.4, -0.2) is 18.6 Å². The maximum Gasteiger partial charge on any atom is 0.171 e. The van der Waals surface area contributed by atoms with Crippen molar-refractivity contribution in [2.75, 3.05) is 13.2 Å². The lowest BCUT2D eigenvalue weighted by molar-refractivity contribution is -0.00240. The molecule has 56 valence electrons. The van der Waals surface area contributed by atoms with Crippen molar-refractivity contribution >= 4 is 21.6 Å². The summed E-state index contributed by atoms with van der Waals surface area (Å²) in [6, 6.07) is 0. The maximum atomic E-state index is 5.43. The topological polar surface area (TPSA) is 18.5 Å². The fraction of sp³-hybridized carbons (Fsp3) is 0.667. The van der Waals surface area contributed by atoms with Crippen LogP contribution in [-0.2, 0) is 9.47 Å². The number of fused-ring (bicyclic) bond motifs is 1. The first kappa shape index (κ1) is 6.88. The van der Waals surface area contributed by atoms with Gasteiger partial charge in [0.2, 0.25) is 0 Å². The molecule has 0 N–H and O–H groups in total. The number of ether oxygens (including phenoxy) is 2. The third-order valence-corrected chi connectivity index (χ3v) is 4.07. The minimum absolute atomic E-state index is 0.179. The van der Waals surface area contributed by atoms with Gasteiger partial charge in [-0.2, -0.15) is 0 Å². The molecule has 1 atom stereocenters. The largest absolute Gasteiger partial charge is 0.491 e. The summed E-state index contributed by atoms with van der Waals surface area (Å²) in [5.41, 5.74) is 0.179. The molecule has 4 heteroatoms. The predicted octanol–water partition coefficient (Wildman–Crippen LogP) is 1.99. The van der Waals surface area contributed by atoms with Gasteiger partial charge >= 0.3 is 0 Å². The molecule has 10 heavy (non-hydrogen) atoms. The number of hydrogen-bond acceptors (Lipinski definition) is 4. The normalized spacial score (nSPS) is 31.9. The van der Waals surface area contributed by atoms with Gasteiger partial charge in [-0.3, -0.25) is 0 Å². The molecule has 2 aliphatic heterocycles. The van der Waals surface area contributed by atoms with Crippen LogP contribution < -0.4 is 0 Å². The Kier molecular flexibility index (Phi) is 1.84. The fourth-order valence-corrected chi connectivity index (χ4v) is 3.36. The Labute approximate surface area is 67.7 Å². The van der Waals surface area contributed by atoms with Crippen molar-refractivity contribution in [2.45, 2.75) is 12.4 Å². The monoisotopic (exact) mass is 176 g/mol. The zero-order valence-corrected chi connectivity index (χ0v) is 7.26. The number of rotatable bonds is 0. The van der Waals surface area contributed by atoms with E-state index in [9.17, 15) is 0 Å². The maximum absolute atomic E-state index is 5.43. The molecule has 0 saturated carbocycles. The number of allylic oxidation sites excluding steroid dienone is 1. The van der Waals surface area contributed by atoms with Crippen molar-refractivity contribution in [1.29, 1.82) is 0 Å². The van der Waals surface area contributed by atoms with E-state index >= 15 is 0 Å². The summed E-state index contributed by atoms with van der Waals surface area (Å²) >= 11 is 0. The summed E-state index contributed by atoms with van der Waals surface area (Å²) in [5.74, 6) is 1.04. The van der Waals surface area contributed by atoms with Gasteiger partial charge in [0.05, 0.1) is 6.61 Å². The highest BCUT2D eigenvalue weighted by Crippen LogP contribution is 2.48. The van der Waals surface area contributed by atoms with E-state index in [1.807, 2.05) is 0 Å². The van der Waals surface area contributed by atoms with Crippen LogP contribution >= 0.6 is 21.6 Å². The van der Waals surface area contributed by atoms with Crippen LogP contribution in [0.5, 0.6) is 0 Å². The van der Waals surface area contributed by atoms with Crippen LogP contribution in [0.25, 0.3) is 0 Å². The van der Waals surface area contributed by atoms with Crippen molar-refractivity contribution in [3.63, 3.8) is 0 Å². The van der Waals surface area contributed by atoms with Crippen molar-refractivity contribution in [3.8, 4) is 0 Å². The van der Waals surface area contributed by atoms with E-state index in [1.54, 1.807) is 21.6 Å². The highest BCUT2D eigenvalue weighted by atomic mass is 33.1. The average Bonchev–Trinajstić information content (AvgIpc) is 2.34. The van der Waals surface area contributed by atoms with Crippen molar-refractivity contribution in [1.82, 2.24) is 0 Å². The van der Waals surface area contributed by atoms with E-state index in [2.05, 4.69) is 6.92 Å². The third-order valence-electron chi connectivity index (χ3n) is 1.43. The van der Waals surface area contributed by atoms with Crippen LogP contribution in [0.4, 0.5) is 0 Å². The molecule has 2 heterocycles. The highest BCUT2D eigenvalue weighted by Gasteiger charge is 2.30. The van der Waals surface area contributed by atoms with E-state index in [-0.39, 0.29) is 5.44 Å². The van der Waals surface area contributed by atoms with Gasteiger partial charge in [0.1, 0.15) is 12.4 Å². The van der Waals surface area contributed by atoms with E-state index in [0.29, 0.717) is 6.61 Å². The summed E-state index contributed by atoms with van der Waals surface area (Å²) in [6.07, 6.45) is 0. The molecule has 0 aromatic heterocycles. The first-order valence-corrected chi connectivity index (χ1v) is 5.38. The summed E-state index contributed by atoms with van der Waals surface area (Å²) in [6.45, 7) is 3.51. The Hall–Kier alpha value is 0.200. The zero-order valence-electron chi connectivity index (χ0n) is 5.62. The summed E-state index contributed by atoms with van der Waals surface area (Å²) in [7, 11) is 3.48. The van der Waals surface area contributed by atoms with E-state index in [0.717, 1.165) is 12.4 Å². The third kappa shape index (κ3) is 1.04. The van der Waals surface area contributed by atoms with Crippen molar-refractivity contribution < 1.29 is 9.47 Å². The van der Waals surface area contributed by atoms with Crippen molar-refractivity contribution in [2.24, 2.45) is 0 Å². The van der Waals surface area contributed by atoms with Gasteiger partial charge in [0, 0.05) is 4.91 Å². The van der Waals surface area contributed by atoms with Crippen LogP contribution in [0.3, 0.4) is 0 Å². The molecule has 0 aromatic rings. The summed E-state index contributed by atoms with van der Waals surface area (Å²) in [4.78, 5) is 1.26. The minimum Gasteiger partial charge on any atom is -0.491 e. The molecule has 1 saturated heterocycles. The predicted molar refractivity (Wildman–Crippen MR) is 43.6 cm³/mol. The second-order valence-corrected chi connectivity index (χ2v) is 4.63. The van der Waals surface area contributed by atoms with Crippen molar-refractivity contribution in [3.05, 3.63) is 10.7 Å². The SMILES string of the molecule is CC1=C2OCCOC2SS1. The molecule has 0 radical (unpaired) electrons. The average molecular weight is 176 g/mol. The summed E-state index contributed by atoms with van der Waals surface area (Å²) < 4.78 is 10.9. The molecule has 0 spiro atoms. The molecule has 1 unspecified atom stereocenters. The Balaban J connectivity index is 2.18. The molecule has 0 bridgehead atoms. The minimum atomic E-state index is 0.179. The zero-order chi connectivity index (χ0) is 6.97. The molecule has 2 nitrogen and oxygen atoms in total. The van der Waals surface area contributed by atoms with Gasteiger partial charge in [-0.05, 0) is 17.7 Å². The first-order valence-electron chi connectivity index (χ1n) is 3.16. The van der Waals surface area contributed by atoms with Crippen LogP contribution in [0.15, 0.2) is 10.7 Å². The van der Waals surface area contributed by atoms with Gasteiger partial charge in [-0.25, -0.2) is 0 Å².